The highest BCUT2D eigenvalue weighted by Crippen LogP contribution is 1.88. The third-order valence-electron chi connectivity index (χ3n) is 0.912. The fraction of sp³-hybridized carbons (Fsp3) is 0.750. The summed E-state index contributed by atoms with van der Waals surface area (Å²) in [5.41, 5.74) is 5.01. The second-order valence-electron chi connectivity index (χ2n) is 1.97. The van der Waals surface area contributed by atoms with E-state index in [9.17, 15) is 13.2 Å². The molecule has 0 aromatic carbocycles. The minimum atomic E-state index is -4.11. The summed E-state index contributed by atoms with van der Waals surface area (Å²) in [5.74, 6) is -1.17. The molecular formula is C4H9NO4S. The van der Waals surface area contributed by atoms with Crippen LogP contribution in [0.25, 0.3) is 0 Å². The van der Waals surface area contributed by atoms with Gasteiger partial charge in [-0.3, -0.25) is 9.35 Å². The van der Waals surface area contributed by atoms with Crippen molar-refractivity contribution in [2.24, 2.45) is 5.73 Å². The highest BCUT2D eigenvalue weighted by Gasteiger charge is 2.15. The van der Waals surface area contributed by atoms with Crippen LogP contribution in [0, 0.1) is 0 Å². The highest BCUT2D eigenvalue weighted by atomic mass is 32.2. The standard InChI is InChI=1S/C4H9NO4S/c1-3(6)4(5)2-10(7,8)9/h4H,2,5H2,1H3,(H,7,8,9)/t4-/m0/s1. The summed E-state index contributed by atoms with van der Waals surface area (Å²) in [7, 11) is -4.11. The van der Waals surface area contributed by atoms with E-state index in [1.807, 2.05) is 0 Å². The molecule has 0 aliphatic carbocycles. The van der Waals surface area contributed by atoms with Crippen molar-refractivity contribution in [1.29, 1.82) is 0 Å². The lowest BCUT2D eigenvalue weighted by molar-refractivity contribution is -0.117. The Morgan fingerprint density at radius 2 is 2.10 bits per heavy atom. The van der Waals surface area contributed by atoms with E-state index in [-0.39, 0.29) is 0 Å². The van der Waals surface area contributed by atoms with Crippen LogP contribution in [0.1, 0.15) is 6.92 Å². The predicted octanol–water partition coefficient (Wildman–Crippen LogP) is -1.21. The Balaban J connectivity index is 4.06. The van der Waals surface area contributed by atoms with Gasteiger partial charge in [0.25, 0.3) is 10.1 Å². The molecule has 0 aromatic heterocycles. The lowest BCUT2D eigenvalue weighted by atomic mass is 10.3. The molecule has 3 N–H and O–H groups in total. The van der Waals surface area contributed by atoms with E-state index < -0.39 is 27.7 Å². The maximum atomic E-state index is 10.3. The molecule has 0 fully saturated rings. The Kier molecular flexibility index (Phi) is 2.95. The molecule has 1 atom stereocenters. The fourth-order valence-corrected chi connectivity index (χ4v) is 1.03. The highest BCUT2D eigenvalue weighted by molar-refractivity contribution is 7.85. The summed E-state index contributed by atoms with van der Waals surface area (Å²) in [5, 5.41) is 0. The average Bonchev–Trinajstić information content (AvgIpc) is 1.60. The van der Waals surface area contributed by atoms with Crippen molar-refractivity contribution in [3.63, 3.8) is 0 Å². The molecule has 5 nitrogen and oxygen atoms in total. The number of ketones is 1. The van der Waals surface area contributed by atoms with E-state index in [2.05, 4.69) is 0 Å². The van der Waals surface area contributed by atoms with Crippen molar-refractivity contribution in [3.05, 3.63) is 0 Å². The fourth-order valence-electron chi connectivity index (χ4n) is 0.344. The zero-order valence-corrected chi connectivity index (χ0v) is 6.26. The first-order valence-electron chi connectivity index (χ1n) is 2.54. The number of carbonyl (C=O) groups excluding carboxylic acids is 1. The van der Waals surface area contributed by atoms with Crippen LogP contribution >= 0.6 is 0 Å². The third-order valence-corrected chi connectivity index (χ3v) is 1.69. The molecule has 0 amide bonds. The third kappa shape index (κ3) is 4.42. The number of nitrogens with two attached hydrogens (primary N) is 1. The monoisotopic (exact) mass is 167 g/mol. The smallest absolute Gasteiger partial charge is 0.266 e. The predicted molar refractivity (Wildman–Crippen MR) is 35.1 cm³/mol. The van der Waals surface area contributed by atoms with E-state index in [1.54, 1.807) is 0 Å². The number of rotatable bonds is 3. The SMILES string of the molecule is CC(=O)[C@@H](N)CS(=O)(=O)O. The van der Waals surface area contributed by atoms with Gasteiger partial charge in [-0.25, -0.2) is 0 Å². The van der Waals surface area contributed by atoms with Crippen LogP contribution in [-0.2, 0) is 14.9 Å². The van der Waals surface area contributed by atoms with Gasteiger partial charge in [0.1, 0.15) is 5.78 Å². The van der Waals surface area contributed by atoms with Crippen molar-refractivity contribution in [2.75, 3.05) is 5.75 Å². The molecule has 0 radical (unpaired) electrons. The van der Waals surface area contributed by atoms with Crippen LogP contribution in [0.3, 0.4) is 0 Å². The van der Waals surface area contributed by atoms with Gasteiger partial charge in [-0.15, -0.1) is 0 Å². The molecule has 0 aliphatic heterocycles. The summed E-state index contributed by atoms with van der Waals surface area (Å²) in [6.45, 7) is 1.16. The van der Waals surface area contributed by atoms with E-state index in [4.69, 9.17) is 10.3 Å². The van der Waals surface area contributed by atoms with Crippen molar-refractivity contribution >= 4 is 15.9 Å². The molecule has 0 unspecified atom stereocenters. The summed E-state index contributed by atoms with van der Waals surface area (Å²) < 4.78 is 28.3. The Labute approximate surface area is 59.0 Å². The molecule has 10 heavy (non-hydrogen) atoms. The molecule has 6 heteroatoms. The van der Waals surface area contributed by atoms with Gasteiger partial charge in [0.15, 0.2) is 0 Å². The molecule has 0 bridgehead atoms. The van der Waals surface area contributed by atoms with Crippen LogP contribution in [0.4, 0.5) is 0 Å². The number of hydrogen-bond donors (Lipinski definition) is 2. The van der Waals surface area contributed by atoms with Crippen molar-refractivity contribution in [2.45, 2.75) is 13.0 Å². The maximum absolute atomic E-state index is 10.3. The lowest BCUT2D eigenvalue weighted by Crippen LogP contribution is -2.35. The Bertz CT molecular complexity index is 219. The molecule has 0 spiro atoms. The van der Waals surface area contributed by atoms with Crippen molar-refractivity contribution in [3.8, 4) is 0 Å². The van der Waals surface area contributed by atoms with Gasteiger partial charge >= 0.3 is 0 Å². The van der Waals surface area contributed by atoms with E-state index >= 15 is 0 Å². The second kappa shape index (κ2) is 3.09. The topological polar surface area (TPSA) is 97.5 Å². The van der Waals surface area contributed by atoms with Crippen LogP contribution in [-0.4, -0.2) is 30.5 Å². The van der Waals surface area contributed by atoms with Crippen LogP contribution in [0.5, 0.6) is 0 Å². The average molecular weight is 167 g/mol. The zero-order valence-electron chi connectivity index (χ0n) is 5.44. The van der Waals surface area contributed by atoms with Crippen LogP contribution in [0.2, 0.25) is 0 Å². The van der Waals surface area contributed by atoms with Gasteiger partial charge in [0, 0.05) is 0 Å². The van der Waals surface area contributed by atoms with Crippen molar-refractivity contribution in [1.82, 2.24) is 0 Å². The van der Waals surface area contributed by atoms with Crippen LogP contribution in [0.15, 0.2) is 0 Å². The zero-order chi connectivity index (χ0) is 8.36. The first-order chi connectivity index (χ1) is 4.33. The molecule has 60 valence electrons. The summed E-state index contributed by atoms with van der Waals surface area (Å²) in [4.78, 5) is 10.3. The van der Waals surface area contributed by atoms with Gasteiger partial charge in [-0.05, 0) is 6.92 Å². The van der Waals surface area contributed by atoms with E-state index in [0.717, 1.165) is 6.92 Å². The Morgan fingerprint density at radius 1 is 1.70 bits per heavy atom. The Hall–Kier alpha value is -0.460. The quantitative estimate of drug-likeness (QED) is 0.514. The lowest BCUT2D eigenvalue weighted by Gasteiger charge is -2.02. The van der Waals surface area contributed by atoms with Crippen LogP contribution < -0.4 is 5.73 Å². The normalized spacial score (nSPS) is 14.7. The van der Waals surface area contributed by atoms with Gasteiger partial charge < -0.3 is 5.73 Å². The number of carbonyl (C=O) groups is 1. The molecular weight excluding hydrogens is 158 g/mol. The second-order valence-corrected chi connectivity index (χ2v) is 3.46. The maximum Gasteiger partial charge on any atom is 0.266 e. The first-order valence-corrected chi connectivity index (χ1v) is 4.15. The number of Topliss-reactive ketones (excluding diaryl/α,β-unsaturated/α-hetero) is 1. The molecule has 0 heterocycles. The van der Waals surface area contributed by atoms with Gasteiger partial charge in [0.2, 0.25) is 0 Å². The molecule has 0 saturated carbocycles. The van der Waals surface area contributed by atoms with Gasteiger partial charge in [-0.2, -0.15) is 8.42 Å². The van der Waals surface area contributed by atoms with Gasteiger partial charge in [0.05, 0.1) is 11.8 Å². The number of hydrogen-bond acceptors (Lipinski definition) is 4. The van der Waals surface area contributed by atoms with Crippen molar-refractivity contribution < 1.29 is 17.8 Å². The summed E-state index contributed by atoms with van der Waals surface area (Å²) >= 11 is 0. The minimum absolute atomic E-state index is 0.461. The Morgan fingerprint density at radius 3 is 2.20 bits per heavy atom. The van der Waals surface area contributed by atoms with E-state index in [1.165, 1.54) is 0 Å². The first kappa shape index (κ1) is 9.54. The van der Waals surface area contributed by atoms with Gasteiger partial charge in [-0.1, -0.05) is 0 Å². The minimum Gasteiger partial charge on any atom is -0.321 e. The molecule has 0 aromatic rings. The largest absolute Gasteiger partial charge is 0.321 e. The molecule has 0 aliphatic rings. The van der Waals surface area contributed by atoms with E-state index in [0.29, 0.717) is 0 Å². The summed E-state index contributed by atoms with van der Waals surface area (Å²) in [6.07, 6.45) is 0. The summed E-state index contributed by atoms with van der Waals surface area (Å²) in [6, 6.07) is -1.12. The molecule has 0 saturated heterocycles. The molecule has 0 rings (SSSR count).